The van der Waals surface area contributed by atoms with Crippen molar-refractivity contribution in [2.24, 2.45) is 11.8 Å². The van der Waals surface area contributed by atoms with E-state index in [-0.39, 0.29) is 12.0 Å². The number of ether oxygens (including phenoxy) is 2. The van der Waals surface area contributed by atoms with E-state index in [0.717, 1.165) is 40.0 Å². The minimum absolute atomic E-state index is 0.114. The Labute approximate surface area is 208 Å². The Morgan fingerprint density at radius 2 is 2.06 bits per heavy atom. The van der Waals surface area contributed by atoms with Gasteiger partial charge in [0.2, 0.25) is 16.0 Å². The zero-order valence-corrected chi connectivity index (χ0v) is 21.5. The van der Waals surface area contributed by atoms with Gasteiger partial charge in [0.05, 0.1) is 36.7 Å². The van der Waals surface area contributed by atoms with Gasteiger partial charge in [-0.25, -0.2) is 19.3 Å². The Kier molecular flexibility index (Phi) is 6.08. The fourth-order valence-corrected chi connectivity index (χ4v) is 6.03. The number of aromatic nitrogens is 4. The number of carbonyl (C=O) groups excluding carboxylic acids is 1. The largest absolute Gasteiger partial charge is 0.480 e. The fourth-order valence-electron chi connectivity index (χ4n) is 5.14. The Morgan fingerprint density at radius 1 is 1.26 bits per heavy atom. The number of hydrogen-bond donors (Lipinski definition) is 2. The van der Waals surface area contributed by atoms with Crippen LogP contribution in [0.5, 0.6) is 5.88 Å². The normalized spacial score (nSPS) is 24.5. The molecule has 0 unspecified atom stereocenters. The number of fused-ring (bicyclic) bond motifs is 2. The number of anilines is 1. The first-order valence-corrected chi connectivity index (χ1v) is 12.7. The highest BCUT2D eigenvalue weighted by Crippen LogP contribution is 2.40. The zero-order valence-electron chi connectivity index (χ0n) is 20.7. The van der Waals surface area contributed by atoms with Gasteiger partial charge in [-0.15, -0.1) is 5.10 Å². The lowest BCUT2D eigenvalue weighted by molar-refractivity contribution is 0.0187. The second kappa shape index (κ2) is 8.94. The van der Waals surface area contributed by atoms with Crippen molar-refractivity contribution < 1.29 is 19.4 Å². The molecular formula is C24H32N6O4S. The van der Waals surface area contributed by atoms with Crippen molar-refractivity contribution in [2.45, 2.75) is 58.3 Å². The van der Waals surface area contributed by atoms with Gasteiger partial charge >= 0.3 is 6.09 Å². The first kappa shape index (κ1) is 23.8. The van der Waals surface area contributed by atoms with Crippen LogP contribution in [0, 0.1) is 18.8 Å². The molecule has 188 valence electrons. The van der Waals surface area contributed by atoms with E-state index in [1.165, 1.54) is 11.3 Å². The molecule has 4 atom stereocenters. The quantitative estimate of drug-likeness (QED) is 0.561. The summed E-state index contributed by atoms with van der Waals surface area (Å²) in [6.07, 6.45) is 2.28. The summed E-state index contributed by atoms with van der Waals surface area (Å²) in [6.45, 7) is 8.95. The van der Waals surface area contributed by atoms with Gasteiger partial charge in [-0.2, -0.15) is 0 Å². The van der Waals surface area contributed by atoms with Crippen molar-refractivity contribution in [1.29, 1.82) is 0 Å². The second-order valence-electron chi connectivity index (χ2n) is 10.4. The number of aliphatic hydroxyl groups is 1. The van der Waals surface area contributed by atoms with Gasteiger partial charge in [0.25, 0.3) is 0 Å². The molecule has 2 fully saturated rings. The first-order chi connectivity index (χ1) is 16.6. The number of aryl methyl sites for hydroxylation is 1. The lowest BCUT2D eigenvalue weighted by Gasteiger charge is -2.37. The van der Waals surface area contributed by atoms with Crippen LogP contribution in [0.1, 0.15) is 39.3 Å². The van der Waals surface area contributed by atoms with Crippen LogP contribution in [0.3, 0.4) is 0 Å². The molecule has 0 bridgehead atoms. The molecule has 1 amide bonds. The number of aliphatic hydroxyl groups excluding tert-OH is 1. The fraction of sp³-hybridized carbons (Fsp3) is 0.583. The van der Waals surface area contributed by atoms with Crippen molar-refractivity contribution in [3.63, 3.8) is 0 Å². The van der Waals surface area contributed by atoms with Crippen LogP contribution in [0.25, 0.3) is 16.2 Å². The maximum atomic E-state index is 12.4. The summed E-state index contributed by atoms with van der Waals surface area (Å²) in [4.78, 5) is 24.5. The van der Waals surface area contributed by atoms with Crippen LogP contribution in [0.4, 0.5) is 9.93 Å². The summed E-state index contributed by atoms with van der Waals surface area (Å²) in [5, 5.41) is 19.4. The average molecular weight is 501 g/mol. The number of carbonyl (C=O) groups is 1. The topological polar surface area (TPSA) is 114 Å². The molecule has 1 saturated carbocycles. The van der Waals surface area contributed by atoms with Crippen LogP contribution in [-0.2, 0) is 4.74 Å². The van der Waals surface area contributed by atoms with E-state index in [4.69, 9.17) is 14.6 Å². The highest BCUT2D eigenvalue weighted by atomic mass is 32.1. The number of methoxy groups -OCH3 is 1. The molecule has 1 saturated heterocycles. The highest BCUT2D eigenvalue weighted by molar-refractivity contribution is 7.20. The molecular weight excluding hydrogens is 468 g/mol. The maximum Gasteiger partial charge on any atom is 0.407 e. The van der Waals surface area contributed by atoms with E-state index >= 15 is 0 Å². The van der Waals surface area contributed by atoms with Crippen LogP contribution in [0.15, 0.2) is 18.3 Å². The number of imidazole rings is 1. The Morgan fingerprint density at radius 3 is 2.80 bits per heavy atom. The number of hydrogen-bond acceptors (Lipinski definition) is 9. The molecule has 3 aromatic rings. The Hall–Kier alpha value is -2.92. The van der Waals surface area contributed by atoms with Crippen molar-refractivity contribution >= 4 is 27.5 Å². The van der Waals surface area contributed by atoms with E-state index in [9.17, 15) is 9.90 Å². The molecule has 2 N–H and O–H groups in total. The number of amides is 1. The number of nitrogens with zero attached hydrogens (tertiary/aromatic N) is 5. The third-order valence-corrected chi connectivity index (χ3v) is 7.68. The SMILES string of the molecule is COc1nc(C)ccc1-c1cnc2sc(N3C[C@H]4CC[C@@H](O)[C@@H](NC(=O)OC(C)(C)C)[C@H]4C3)nn12. The van der Waals surface area contributed by atoms with Crippen LogP contribution in [-0.4, -0.2) is 68.7 Å². The summed E-state index contributed by atoms with van der Waals surface area (Å²) in [5.74, 6) is 1.01. The molecule has 3 aromatic heterocycles. The minimum Gasteiger partial charge on any atom is -0.480 e. The molecule has 0 spiro atoms. The molecule has 2 aliphatic rings. The lowest BCUT2D eigenvalue weighted by atomic mass is 9.76. The number of alkyl carbamates (subject to hydrolysis) is 1. The van der Waals surface area contributed by atoms with Gasteiger partial charge in [0.15, 0.2) is 0 Å². The van der Waals surface area contributed by atoms with Gasteiger partial charge in [0.1, 0.15) is 5.60 Å². The molecule has 35 heavy (non-hydrogen) atoms. The van der Waals surface area contributed by atoms with Gasteiger partial charge < -0.3 is 24.8 Å². The first-order valence-electron chi connectivity index (χ1n) is 11.9. The third-order valence-electron chi connectivity index (χ3n) is 6.70. The number of rotatable bonds is 4. The Bertz CT molecular complexity index is 1230. The standard InChI is InChI=1S/C24H32N6O4S/c1-13-6-8-15(20(26-13)33-5)17-10-25-21-30(17)28-22(35-21)29-11-14-7-9-18(31)19(16(14)12-29)27-23(32)34-24(2,3)4/h6,8,10,14,16,18-19,31H,7,9,11-12H2,1-5H3,(H,27,32)/t14-,16+,18-,19+/m1/s1. The maximum absolute atomic E-state index is 12.4. The lowest BCUT2D eigenvalue weighted by Crippen LogP contribution is -2.54. The molecule has 5 rings (SSSR count). The molecule has 0 aromatic carbocycles. The predicted octanol–water partition coefficient (Wildman–Crippen LogP) is 3.27. The summed E-state index contributed by atoms with van der Waals surface area (Å²) in [6, 6.07) is 3.57. The minimum atomic E-state index is -0.592. The van der Waals surface area contributed by atoms with E-state index in [2.05, 4.69) is 20.2 Å². The third kappa shape index (κ3) is 4.66. The zero-order chi connectivity index (χ0) is 24.9. The van der Waals surface area contributed by atoms with Crippen molar-refractivity contribution in [1.82, 2.24) is 24.9 Å². The van der Waals surface area contributed by atoms with Crippen LogP contribution < -0.4 is 15.0 Å². The highest BCUT2D eigenvalue weighted by Gasteiger charge is 2.46. The Balaban J connectivity index is 1.38. The number of pyridine rings is 1. The van der Waals surface area contributed by atoms with E-state index in [1.807, 2.05) is 44.3 Å². The summed E-state index contributed by atoms with van der Waals surface area (Å²) < 4.78 is 12.8. The molecule has 11 heteroatoms. The molecule has 10 nitrogen and oxygen atoms in total. The van der Waals surface area contributed by atoms with E-state index in [0.29, 0.717) is 24.8 Å². The van der Waals surface area contributed by atoms with Crippen molar-refractivity contribution in [2.75, 3.05) is 25.1 Å². The molecule has 1 aliphatic carbocycles. The van der Waals surface area contributed by atoms with Gasteiger partial charge in [-0.05, 0) is 58.6 Å². The summed E-state index contributed by atoms with van der Waals surface area (Å²) in [7, 11) is 1.61. The average Bonchev–Trinajstić information content (AvgIpc) is 3.48. The van der Waals surface area contributed by atoms with E-state index in [1.54, 1.807) is 13.3 Å². The van der Waals surface area contributed by atoms with Crippen molar-refractivity contribution in [3.05, 3.63) is 24.0 Å². The van der Waals surface area contributed by atoms with Crippen LogP contribution >= 0.6 is 11.3 Å². The van der Waals surface area contributed by atoms with Gasteiger partial charge in [-0.1, -0.05) is 11.3 Å². The molecule has 1 aliphatic heterocycles. The number of nitrogens with one attached hydrogen (secondary N) is 1. The monoisotopic (exact) mass is 500 g/mol. The smallest absolute Gasteiger partial charge is 0.407 e. The summed E-state index contributed by atoms with van der Waals surface area (Å²) in [5.41, 5.74) is 1.95. The van der Waals surface area contributed by atoms with Crippen LogP contribution in [0.2, 0.25) is 0 Å². The van der Waals surface area contributed by atoms with Gasteiger partial charge in [0, 0.05) is 24.7 Å². The molecule has 0 radical (unpaired) electrons. The predicted molar refractivity (Wildman–Crippen MR) is 133 cm³/mol. The molecule has 4 heterocycles. The summed E-state index contributed by atoms with van der Waals surface area (Å²) >= 11 is 1.53. The van der Waals surface area contributed by atoms with Gasteiger partial charge in [-0.3, -0.25) is 0 Å². The van der Waals surface area contributed by atoms with E-state index < -0.39 is 17.8 Å². The van der Waals surface area contributed by atoms with Crippen molar-refractivity contribution in [3.8, 4) is 17.1 Å². The second-order valence-corrected chi connectivity index (χ2v) is 11.3.